The van der Waals surface area contributed by atoms with Crippen LogP contribution in [0.3, 0.4) is 0 Å². The summed E-state index contributed by atoms with van der Waals surface area (Å²) >= 11 is 0. The van der Waals surface area contributed by atoms with Gasteiger partial charge in [0.15, 0.2) is 0 Å². The molecule has 0 fully saturated rings. The summed E-state index contributed by atoms with van der Waals surface area (Å²) in [5.74, 6) is -1.73. The number of hydrogen-bond acceptors (Lipinski definition) is 2. The van der Waals surface area contributed by atoms with E-state index in [9.17, 15) is 27.1 Å². The van der Waals surface area contributed by atoms with Gasteiger partial charge in [0.2, 0.25) is 0 Å². The molecule has 1 heterocycles. The van der Waals surface area contributed by atoms with Crippen LogP contribution in [0.15, 0.2) is 36.7 Å². The minimum atomic E-state index is -4.65. The molecule has 0 aliphatic rings. The number of rotatable bonds is 3. The SMILES string of the molecule is OC(Cc1ccc(F)cc1F)c1cnccc1C(F)(F)F. The van der Waals surface area contributed by atoms with Crippen LogP contribution in [0.4, 0.5) is 22.0 Å². The predicted octanol–water partition coefficient (Wildman–Crippen LogP) is 3.65. The highest BCUT2D eigenvalue weighted by Crippen LogP contribution is 2.35. The largest absolute Gasteiger partial charge is 0.416 e. The van der Waals surface area contributed by atoms with Crippen LogP contribution in [-0.4, -0.2) is 10.1 Å². The molecule has 0 saturated heterocycles. The van der Waals surface area contributed by atoms with Crippen LogP contribution in [0, 0.1) is 11.6 Å². The number of aliphatic hydroxyl groups is 1. The van der Waals surface area contributed by atoms with Crippen molar-refractivity contribution in [2.45, 2.75) is 18.7 Å². The maximum atomic E-state index is 13.5. The number of pyridine rings is 1. The molecule has 0 saturated carbocycles. The quantitative estimate of drug-likeness (QED) is 0.878. The lowest BCUT2D eigenvalue weighted by atomic mass is 9.98. The topological polar surface area (TPSA) is 33.1 Å². The van der Waals surface area contributed by atoms with E-state index in [0.717, 1.165) is 30.6 Å². The lowest BCUT2D eigenvalue weighted by Crippen LogP contribution is -2.14. The van der Waals surface area contributed by atoms with Gasteiger partial charge in [-0.3, -0.25) is 4.98 Å². The molecule has 0 radical (unpaired) electrons. The van der Waals surface area contributed by atoms with Crippen molar-refractivity contribution in [3.05, 3.63) is 65.0 Å². The van der Waals surface area contributed by atoms with Gasteiger partial charge in [-0.25, -0.2) is 8.78 Å². The summed E-state index contributed by atoms with van der Waals surface area (Å²) in [5.41, 5.74) is -1.57. The van der Waals surface area contributed by atoms with Crippen molar-refractivity contribution in [3.8, 4) is 0 Å². The molecule has 1 N–H and O–H groups in total. The Morgan fingerprint density at radius 3 is 2.48 bits per heavy atom. The Balaban J connectivity index is 2.31. The van der Waals surface area contributed by atoms with Crippen LogP contribution in [-0.2, 0) is 12.6 Å². The van der Waals surface area contributed by atoms with Crippen LogP contribution in [0.1, 0.15) is 22.8 Å². The van der Waals surface area contributed by atoms with E-state index in [0.29, 0.717) is 6.07 Å². The highest BCUT2D eigenvalue weighted by atomic mass is 19.4. The first kappa shape index (κ1) is 15.4. The third kappa shape index (κ3) is 3.55. The normalized spacial score (nSPS) is 13.2. The maximum absolute atomic E-state index is 13.5. The van der Waals surface area contributed by atoms with E-state index < -0.39 is 41.5 Å². The van der Waals surface area contributed by atoms with Gasteiger partial charge in [0, 0.05) is 30.4 Å². The van der Waals surface area contributed by atoms with Gasteiger partial charge in [-0.15, -0.1) is 0 Å². The second-order valence-electron chi connectivity index (χ2n) is 4.42. The maximum Gasteiger partial charge on any atom is 0.416 e. The minimum Gasteiger partial charge on any atom is -0.388 e. The Labute approximate surface area is 116 Å². The van der Waals surface area contributed by atoms with E-state index >= 15 is 0 Å². The van der Waals surface area contributed by atoms with Crippen LogP contribution in [0.25, 0.3) is 0 Å². The molecule has 21 heavy (non-hydrogen) atoms. The third-order valence-corrected chi connectivity index (χ3v) is 2.94. The molecule has 2 nitrogen and oxygen atoms in total. The van der Waals surface area contributed by atoms with Crippen LogP contribution >= 0.6 is 0 Å². The Bertz CT molecular complexity index is 642. The number of halogens is 5. The number of aromatic nitrogens is 1. The molecule has 112 valence electrons. The second-order valence-corrected chi connectivity index (χ2v) is 4.42. The van der Waals surface area contributed by atoms with E-state index in [-0.39, 0.29) is 5.56 Å². The molecule has 0 aliphatic carbocycles. The molecule has 2 aromatic rings. The van der Waals surface area contributed by atoms with Crippen molar-refractivity contribution in [3.63, 3.8) is 0 Å². The summed E-state index contributed by atoms with van der Waals surface area (Å²) in [4.78, 5) is 3.54. The molecule has 7 heteroatoms. The molecule has 1 atom stereocenters. The molecule has 0 spiro atoms. The fourth-order valence-corrected chi connectivity index (χ4v) is 1.94. The highest BCUT2D eigenvalue weighted by Gasteiger charge is 2.35. The average Bonchev–Trinajstić information content (AvgIpc) is 2.41. The van der Waals surface area contributed by atoms with Crippen molar-refractivity contribution in [2.75, 3.05) is 0 Å². The number of hydrogen-bond donors (Lipinski definition) is 1. The van der Waals surface area contributed by atoms with Crippen LogP contribution in [0.2, 0.25) is 0 Å². The van der Waals surface area contributed by atoms with E-state index in [4.69, 9.17) is 0 Å². The van der Waals surface area contributed by atoms with Gasteiger partial charge >= 0.3 is 6.18 Å². The molecular formula is C14H10F5NO. The number of aliphatic hydroxyl groups excluding tert-OH is 1. The van der Waals surface area contributed by atoms with Gasteiger partial charge in [-0.1, -0.05) is 6.07 Å². The Kier molecular flexibility index (Phi) is 4.22. The average molecular weight is 303 g/mol. The fourth-order valence-electron chi connectivity index (χ4n) is 1.94. The molecule has 0 bridgehead atoms. The zero-order chi connectivity index (χ0) is 15.6. The van der Waals surface area contributed by atoms with Crippen molar-refractivity contribution in [1.29, 1.82) is 0 Å². The summed E-state index contributed by atoms with van der Waals surface area (Å²) in [6, 6.07) is 3.39. The van der Waals surface area contributed by atoms with E-state index in [1.807, 2.05) is 0 Å². The summed E-state index contributed by atoms with van der Waals surface area (Å²) in [6.45, 7) is 0. The molecule has 1 aromatic carbocycles. The fraction of sp³-hybridized carbons (Fsp3) is 0.214. The first-order chi connectivity index (χ1) is 9.79. The van der Waals surface area contributed by atoms with Crippen molar-refractivity contribution >= 4 is 0 Å². The first-order valence-corrected chi connectivity index (χ1v) is 5.92. The summed E-state index contributed by atoms with van der Waals surface area (Å²) in [7, 11) is 0. The Morgan fingerprint density at radius 2 is 1.86 bits per heavy atom. The van der Waals surface area contributed by atoms with Gasteiger partial charge in [-0.05, 0) is 17.7 Å². The van der Waals surface area contributed by atoms with Gasteiger partial charge in [-0.2, -0.15) is 13.2 Å². The predicted molar refractivity (Wildman–Crippen MR) is 64.3 cm³/mol. The summed E-state index contributed by atoms with van der Waals surface area (Å²) < 4.78 is 64.7. The zero-order valence-corrected chi connectivity index (χ0v) is 10.5. The van der Waals surface area contributed by atoms with Gasteiger partial charge in [0.1, 0.15) is 11.6 Å². The zero-order valence-electron chi connectivity index (χ0n) is 10.5. The second kappa shape index (κ2) is 5.77. The third-order valence-electron chi connectivity index (χ3n) is 2.94. The van der Waals surface area contributed by atoms with Crippen LogP contribution < -0.4 is 0 Å². The number of alkyl halides is 3. The molecule has 0 aliphatic heterocycles. The summed E-state index contributed by atoms with van der Waals surface area (Å²) in [6.07, 6.45) is -4.83. The van der Waals surface area contributed by atoms with Gasteiger partial charge < -0.3 is 5.11 Å². The van der Waals surface area contributed by atoms with Crippen molar-refractivity contribution < 1.29 is 27.1 Å². The van der Waals surface area contributed by atoms with E-state index in [1.165, 1.54) is 0 Å². The smallest absolute Gasteiger partial charge is 0.388 e. The van der Waals surface area contributed by atoms with Gasteiger partial charge in [0.25, 0.3) is 0 Å². The molecule has 1 unspecified atom stereocenters. The lowest BCUT2D eigenvalue weighted by Gasteiger charge is -2.17. The van der Waals surface area contributed by atoms with Crippen molar-refractivity contribution in [2.24, 2.45) is 0 Å². The molecule has 2 rings (SSSR count). The summed E-state index contributed by atoms with van der Waals surface area (Å²) in [5, 5.41) is 9.91. The minimum absolute atomic E-state index is 0.0825. The van der Waals surface area contributed by atoms with Crippen molar-refractivity contribution in [1.82, 2.24) is 4.98 Å². The Hall–Kier alpha value is -2.02. The standard InChI is InChI=1S/C14H10F5NO/c15-9-2-1-8(12(16)6-9)5-13(21)10-7-20-4-3-11(10)14(17,18)19/h1-4,6-7,13,21H,5H2. The molecular weight excluding hydrogens is 293 g/mol. The molecule has 1 aromatic heterocycles. The highest BCUT2D eigenvalue weighted by molar-refractivity contribution is 5.30. The van der Waals surface area contributed by atoms with Crippen LogP contribution in [0.5, 0.6) is 0 Å². The first-order valence-electron chi connectivity index (χ1n) is 5.92. The van der Waals surface area contributed by atoms with E-state index in [2.05, 4.69) is 4.98 Å². The molecule has 0 amide bonds. The number of benzene rings is 1. The van der Waals surface area contributed by atoms with Gasteiger partial charge in [0.05, 0.1) is 11.7 Å². The van der Waals surface area contributed by atoms with E-state index in [1.54, 1.807) is 0 Å². The monoisotopic (exact) mass is 303 g/mol. The lowest BCUT2D eigenvalue weighted by molar-refractivity contribution is -0.139. The number of nitrogens with zero attached hydrogens (tertiary/aromatic N) is 1. The Morgan fingerprint density at radius 1 is 1.14 bits per heavy atom.